The van der Waals surface area contributed by atoms with E-state index in [1.807, 2.05) is 72.5 Å². The summed E-state index contributed by atoms with van der Waals surface area (Å²) in [5, 5.41) is 7.61. The molecule has 2 aliphatic heterocycles. The van der Waals surface area contributed by atoms with Crippen molar-refractivity contribution in [1.29, 1.82) is 0 Å². The number of aryl methyl sites for hydroxylation is 1. The maximum Gasteiger partial charge on any atom is 0.322 e. The lowest BCUT2D eigenvalue weighted by atomic mass is 9.98. The van der Waals surface area contributed by atoms with Gasteiger partial charge in [0.1, 0.15) is 0 Å². The molecule has 0 spiro atoms. The molecule has 2 aliphatic rings. The molecular formula is C29H36N6O. The van der Waals surface area contributed by atoms with Crippen molar-refractivity contribution in [3.8, 4) is 0 Å². The number of hydrogen-bond donors (Lipinski definition) is 2. The van der Waals surface area contributed by atoms with Gasteiger partial charge in [0, 0.05) is 67.5 Å². The molecule has 2 amide bonds. The zero-order valence-electron chi connectivity index (χ0n) is 21.6. The summed E-state index contributed by atoms with van der Waals surface area (Å²) in [4.78, 5) is 21.5. The number of benzene rings is 2. The number of pyridine rings is 1. The third-order valence-electron chi connectivity index (χ3n) is 6.65. The van der Waals surface area contributed by atoms with Gasteiger partial charge in [-0.25, -0.2) is 4.79 Å². The number of anilines is 1. The summed E-state index contributed by atoms with van der Waals surface area (Å²) in [6.45, 7) is 8.99. The molecule has 3 heterocycles. The fourth-order valence-electron chi connectivity index (χ4n) is 4.71. The quantitative estimate of drug-likeness (QED) is 0.400. The van der Waals surface area contributed by atoms with E-state index in [1.165, 1.54) is 0 Å². The van der Waals surface area contributed by atoms with Gasteiger partial charge in [0.2, 0.25) is 0 Å². The van der Waals surface area contributed by atoms with Crippen LogP contribution >= 0.6 is 0 Å². The second kappa shape index (κ2) is 11.8. The number of amides is 2. The molecule has 7 heteroatoms. The zero-order chi connectivity index (χ0) is 25.5. The van der Waals surface area contributed by atoms with Crippen LogP contribution in [0.1, 0.15) is 42.7 Å². The smallest absolute Gasteiger partial charge is 0.316 e. The van der Waals surface area contributed by atoms with Crippen LogP contribution in [0.5, 0.6) is 0 Å². The highest BCUT2D eigenvalue weighted by Crippen LogP contribution is 2.29. The van der Waals surface area contributed by atoms with E-state index in [0.29, 0.717) is 12.6 Å². The van der Waals surface area contributed by atoms with E-state index >= 15 is 0 Å². The van der Waals surface area contributed by atoms with Crippen molar-refractivity contribution in [3.63, 3.8) is 0 Å². The molecule has 1 fully saturated rings. The van der Waals surface area contributed by atoms with Gasteiger partial charge in [0.05, 0.1) is 5.71 Å². The van der Waals surface area contributed by atoms with Crippen molar-refractivity contribution in [2.45, 2.75) is 45.8 Å². The predicted molar refractivity (Wildman–Crippen MR) is 146 cm³/mol. The first-order valence-corrected chi connectivity index (χ1v) is 12.6. The number of hydrazone groups is 1. The number of aromatic nitrogens is 1. The summed E-state index contributed by atoms with van der Waals surface area (Å²) in [5.41, 5.74) is 8.76. The van der Waals surface area contributed by atoms with E-state index in [-0.39, 0.29) is 12.1 Å². The van der Waals surface area contributed by atoms with Crippen molar-refractivity contribution >= 4 is 17.4 Å². The molecule has 0 saturated carbocycles. The second-order valence-electron chi connectivity index (χ2n) is 9.49. The van der Waals surface area contributed by atoms with Gasteiger partial charge < -0.3 is 15.6 Å². The van der Waals surface area contributed by atoms with Crippen LogP contribution in [0.2, 0.25) is 0 Å². The average molecular weight is 485 g/mol. The topological polar surface area (TPSA) is 72.9 Å². The molecule has 7 nitrogen and oxygen atoms in total. The van der Waals surface area contributed by atoms with Crippen molar-refractivity contribution in [2.24, 2.45) is 5.10 Å². The van der Waals surface area contributed by atoms with Crippen LogP contribution < -0.4 is 10.7 Å². The lowest BCUT2D eigenvalue weighted by Gasteiger charge is -2.34. The Kier molecular flexibility index (Phi) is 8.33. The highest BCUT2D eigenvalue weighted by atomic mass is 16.2. The van der Waals surface area contributed by atoms with E-state index in [0.717, 1.165) is 53.3 Å². The number of nitrogens with one attached hydrogen (secondary N) is 2. The lowest BCUT2D eigenvalue weighted by Crippen LogP contribution is -2.46. The highest BCUT2D eigenvalue weighted by molar-refractivity contribution is 6.13. The largest absolute Gasteiger partial charge is 0.322 e. The molecule has 1 unspecified atom stereocenters. The Labute approximate surface area is 214 Å². The molecule has 2 N–H and O–H groups in total. The van der Waals surface area contributed by atoms with Crippen molar-refractivity contribution in [2.75, 3.05) is 25.5 Å². The first-order valence-electron chi connectivity index (χ1n) is 12.6. The van der Waals surface area contributed by atoms with Crippen molar-refractivity contribution in [1.82, 2.24) is 20.2 Å². The van der Waals surface area contributed by atoms with Crippen LogP contribution in [0.3, 0.4) is 0 Å². The van der Waals surface area contributed by atoms with Gasteiger partial charge in [0.25, 0.3) is 0 Å². The van der Waals surface area contributed by atoms with Crippen LogP contribution in [0.25, 0.3) is 0 Å². The maximum atomic E-state index is 12.8. The van der Waals surface area contributed by atoms with Gasteiger partial charge in [0.15, 0.2) is 0 Å². The Balaban J connectivity index is 0.000000445. The SMILES string of the molecule is CN/N=C(/c1ccnc(C)c1)c1ccc2c(c1)CN(C1CCN(C(C)C)C1)C(=O)N2.c1ccccc1. The molecule has 188 valence electrons. The molecule has 1 saturated heterocycles. The lowest BCUT2D eigenvalue weighted by molar-refractivity contribution is 0.175. The maximum absolute atomic E-state index is 12.8. The molecule has 0 radical (unpaired) electrons. The molecule has 36 heavy (non-hydrogen) atoms. The van der Waals surface area contributed by atoms with Gasteiger partial charge in [-0.1, -0.05) is 42.5 Å². The first kappa shape index (κ1) is 25.4. The average Bonchev–Trinajstić information content (AvgIpc) is 3.39. The van der Waals surface area contributed by atoms with E-state index in [4.69, 9.17) is 0 Å². The fraction of sp³-hybridized carbons (Fsp3) is 0.345. The second-order valence-corrected chi connectivity index (χ2v) is 9.49. The molecule has 1 aromatic heterocycles. The molecule has 0 aliphatic carbocycles. The Hall–Kier alpha value is -3.71. The molecule has 5 rings (SSSR count). The van der Waals surface area contributed by atoms with Crippen molar-refractivity contribution < 1.29 is 4.79 Å². The predicted octanol–water partition coefficient (Wildman–Crippen LogP) is 4.88. The fourth-order valence-corrected chi connectivity index (χ4v) is 4.71. The number of carbonyl (C=O) groups is 1. The standard InChI is InChI=1S/C23H30N6O.C6H6/c1-15(2)28-10-8-20(14-28)29-13-19-12-17(5-6-21(19)26-23(29)30)22(27-24-4)18-7-9-25-16(3)11-18;1-2-4-6-5-3-1/h5-7,9,11-12,15,20,24H,8,10,13-14H2,1-4H3,(H,26,30);1-6H/b27-22+;. The van der Waals surface area contributed by atoms with Crippen LogP contribution in [0, 0.1) is 6.92 Å². The Bertz CT molecular complexity index is 1170. The van der Waals surface area contributed by atoms with E-state index in [9.17, 15) is 4.79 Å². The van der Waals surface area contributed by atoms with Crippen LogP contribution in [-0.2, 0) is 6.54 Å². The minimum Gasteiger partial charge on any atom is -0.316 e. The number of nitrogens with zero attached hydrogens (tertiary/aromatic N) is 4. The Morgan fingerprint density at radius 3 is 2.39 bits per heavy atom. The third-order valence-corrected chi connectivity index (χ3v) is 6.65. The number of rotatable bonds is 5. The highest BCUT2D eigenvalue weighted by Gasteiger charge is 2.34. The molecule has 3 aromatic rings. The van der Waals surface area contributed by atoms with E-state index in [2.05, 4.69) is 45.6 Å². The summed E-state index contributed by atoms with van der Waals surface area (Å²) in [7, 11) is 1.80. The number of fused-ring (bicyclic) bond motifs is 1. The molecular weight excluding hydrogens is 448 g/mol. The number of hydrogen-bond acceptors (Lipinski definition) is 5. The molecule has 0 bridgehead atoms. The summed E-state index contributed by atoms with van der Waals surface area (Å²) in [6, 6.07) is 22.9. The third kappa shape index (κ3) is 6.10. The van der Waals surface area contributed by atoms with Crippen LogP contribution in [0.4, 0.5) is 10.5 Å². The van der Waals surface area contributed by atoms with Crippen molar-refractivity contribution in [3.05, 3.63) is 95.3 Å². The summed E-state index contributed by atoms with van der Waals surface area (Å²) >= 11 is 0. The zero-order valence-corrected chi connectivity index (χ0v) is 21.6. The number of likely N-dealkylation sites (tertiary alicyclic amines) is 1. The van der Waals surface area contributed by atoms with E-state index in [1.54, 1.807) is 13.2 Å². The Morgan fingerprint density at radius 1 is 1.08 bits per heavy atom. The molecule has 1 atom stereocenters. The van der Waals surface area contributed by atoms with Gasteiger partial charge >= 0.3 is 6.03 Å². The molecule has 2 aromatic carbocycles. The van der Waals surface area contributed by atoms with Gasteiger partial charge in [-0.15, -0.1) is 0 Å². The summed E-state index contributed by atoms with van der Waals surface area (Å²) in [5.74, 6) is 0. The number of urea groups is 1. The van der Waals surface area contributed by atoms with Gasteiger partial charge in [-0.2, -0.15) is 5.10 Å². The number of carbonyl (C=O) groups excluding carboxylic acids is 1. The summed E-state index contributed by atoms with van der Waals surface area (Å²) < 4.78 is 0. The normalized spacial score (nSPS) is 17.8. The van der Waals surface area contributed by atoms with Crippen LogP contribution in [0.15, 0.2) is 78.0 Å². The first-order chi connectivity index (χ1) is 17.5. The monoisotopic (exact) mass is 484 g/mol. The Morgan fingerprint density at radius 2 is 1.78 bits per heavy atom. The van der Waals surface area contributed by atoms with Gasteiger partial charge in [-0.3, -0.25) is 9.88 Å². The van der Waals surface area contributed by atoms with Crippen LogP contribution in [-0.4, -0.2) is 58.7 Å². The summed E-state index contributed by atoms with van der Waals surface area (Å²) in [6.07, 6.45) is 2.82. The van der Waals surface area contributed by atoms with Gasteiger partial charge in [-0.05, 0) is 57.0 Å². The minimum atomic E-state index is -0.000250. The minimum absolute atomic E-state index is 0.000250. The van der Waals surface area contributed by atoms with E-state index < -0.39 is 0 Å².